The standard InChI is InChI=1S/C21H21N3O3/c25-19-18(14-17-12-7-13-23(17)15-8-3-1-4-9-15)20(26)24(21(27)22-19)16-10-5-2-6-11-16/h1,3-4,7-9,12-14,16H,2,5-6,10-11H2,(H,22,25,27). The summed E-state index contributed by atoms with van der Waals surface area (Å²) in [5, 5.41) is 2.33. The number of para-hydroxylation sites is 1. The molecule has 27 heavy (non-hydrogen) atoms. The Morgan fingerprint density at radius 1 is 0.926 bits per heavy atom. The molecule has 2 fully saturated rings. The SMILES string of the molecule is O=C1NC(=O)N(C2CCCCC2)C(=O)C1=Cc1cccn1-c1ccccc1. The van der Waals surface area contributed by atoms with Crippen LogP contribution in [-0.4, -0.2) is 33.4 Å². The van der Waals surface area contributed by atoms with Gasteiger partial charge >= 0.3 is 6.03 Å². The van der Waals surface area contributed by atoms with Gasteiger partial charge in [-0.1, -0.05) is 37.5 Å². The second-order valence-corrected chi connectivity index (χ2v) is 6.92. The summed E-state index contributed by atoms with van der Waals surface area (Å²) in [4.78, 5) is 38.9. The van der Waals surface area contributed by atoms with Gasteiger partial charge in [0, 0.05) is 23.6 Å². The van der Waals surface area contributed by atoms with E-state index >= 15 is 0 Å². The molecule has 2 aliphatic rings. The van der Waals surface area contributed by atoms with Crippen molar-refractivity contribution in [3.63, 3.8) is 0 Å². The fourth-order valence-corrected chi connectivity index (χ4v) is 3.83. The number of aromatic nitrogens is 1. The third-order valence-corrected chi connectivity index (χ3v) is 5.18. The van der Waals surface area contributed by atoms with Crippen molar-refractivity contribution in [2.75, 3.05) is 0 Å². The zero-order valence-electron chi connectivity index (χ0n) is 14.9. The van der Waals surface area contributed by atoms with E-state index < -0.39 is 17.8 Å². The molecule has 1 N–H and O–H groups in total. The number of hydrogen-bond donors (Lipinski definition) is 1. The number of carbonyl (C=O) groups excluding carboxylic acids is 3. The van der Waals surface area contributed by atoms with Crippen LogP contribution in [0.1, 0.15) is 37.8 Å². The highest BCUT2D eigenvalue weighted by molar-refractivity contribution is 6.31. The molecule has 138 valence electrons. The minimum Gasteiger partial charge on any atom is -0.317 e. The number of urea groups is 1. The van der Waals surface area contributed by atoms with Crippen molar-refractivity contribution in [2.45, 2.75) is 38.1 Å². The molecule has 0 bridgehead atoms. The number of carbonyl (C=O) groups is 3. The number of imide groups is 2. The quantitative estimate of drug-likeness (QED) is 0.672. The van der Waals surface area contributed by atoms with Crippen LogP contribution in [0.4, 0.5) is 4.79 Å². The fraction of sp³-hybridized carbons (Fsp3) is 0.286. The van der Waals surface area contributed by atoms with Gasteiger partial charge in [-0.3, -0.25) is 19.8 Å². The number of hydrogen-bond acceptors (Lipinski definition) is 3. The maximum absolute atomic E-state index is 13.0. The van der Waals surface area contributed by atoms with Crippen LogP contribution >= 0.6 is 0 Å². The number of nitrogens with zero attached hydrogens (tertiary/aromatic N) is 2. The Morgan fingerprint density at radius 2 is 1.67 bits per heavy atom. The predicted octanol–water partition coefficient (Wildman–Crippen LogP) is 3.27. The van der Waals surface area contributed by atoms with Gasteiger partial charge < -0.3 is 4.57 Å². The smallest absolute Gasteiger partial charge is 0.317 e. The van der Waals surface area contributed by atoms with E-state index in [1.165, 1.54) is 4.90 Å². The third kappa shape index (κ3) is 3.30. The molecular weight excluding hydrogens is 342 g/mol. The van der Waals surface area contributed by atoms with E-state index in [0.717, 1.165) is 37.8 Å². The van der Waals surface area contributed by atoms with E-state index in [2.05, 4.69) is 5.32 Å². The summed E-state index contributed by atoms with van der Waals surface area (Å²) in [6.07, 6.45) is 8.12. The Hall–Kier alpha value is -3.15. The highest BCUT2D eigenvalue weighted by Crippen LogP contribution is 2.26. The largest absolute Gasteiger partial charge is 0.331 e. The monoisotopic (exact) mass is 363 g/mol. The topological polar surface area (TPSA) is 71.4 Å². The average Bonchev–Trinajstić information content (AvgIpc) is 3.15. The zero-order chi connectivity index (χ0) is 18.8. The Balaban J connectivity index is 1.68. The summed E-state index contributed by atoms with van der Waals surface area (Å²) < 4.78 is 1.90. The lowest BCUT2D eigenvalue weighted by Gasteiger charge is -2.35. The first-order chi connectivity index (χ1) is 13.1. The number of barbiturate groups is 1. The minimum absolute atomic E-state index is 0.00365. The molecule has 0 spiro atoms. The highest BCUT2D eigenvalue weighted by atomic mass is 16.2. The molecule has 1 aliphatic carbocycles. The number of amides is 4. The molecule has 4 rings (SSSR count). The van der Waals surface area contributed by atoms with Crippen LogP contribution in [0.2, 0.25) is 0 Å². The third-order valence-electron chi connectivity index (χ3n) is 5.18. The van der Waals surface area contributed by atoms with E-state index in [9.17, 15) is 14.4 Å². The second-order valence-electron chi connectivity index (χ2n) is 6.92. The highest BCUT2D eigenvalue weighted by Gasteiger charge is 2.40. The van der Waals surface area contributed by atoms with Gasteiger partial charge in [-0.05, 0) is 43.2 Å². The van der Waals surface area contributed by atoms with Crippen LogP contribution in [0.3, 0.4) is 0 Å². The Bertz CT molecular complexity index is 908. The molecule has 6 heteroatoms. The molecule has 2 aromatic rings. The summed E-state index contributed by atoms with van der Waals surface area (Å²) in [6.45, 7) is 0. The number of benzene rings is 1. The normalized spacial score (nSPS) is 20.2. The molecule has 1 aliphatic heterocycles. The van der Waals surface area contributed by atoms with E-state index in [-0.39, 0.29) is 11.6 Å². The van der Waals surface area contributed by atoms with E-state index in [1.807, 2.05) is 53.2 Å². The first kappa shape index (κ1) is 17.3. The van der Waals surface area contributed by atoms with Crippen molar-refractivity contribution in [3.8, 4) is 5.69 Å². The Kier molecular flexibility index (Phi) is 4.62. The lowest BCUT2D eigenvalue weighted by Crippen LogP contribution is -2.58. The summed E-state index contributed by atoms with van der Waals surface area (Å²) >= 11 is 0. The summed E-state index contributed by atoms with van der Waals surface area (Å²) in [7, 11) is 0. The molecule has 1 saturated heterocycles. The van der Waals surface area contributed by atoms with Crippen molar-refractivity contribution in [3.05, 3.63) is 59.9 Å². The lowest BCUT2D eigenvalue weighted by atomic mass is 9.93. The van der Waals surface area contributed by atoms with Crippen molar-refractivity contribution >= 4 is 23.9 Å². The molecular formula is C21H21N3O3. The van der Waals surface area contributed by atoms with Crippen molar-refractivity contribution in [2.24, 2.45) is 0 Å². The van der Waals surface area contributed by atoms with Crippen LogP contribution in [0.15, 0.2) is 54.2 Å². The van der Waals surface area contributed by atoms with Crippen LogP contribution in [0.25, 0.3) is 11.8 Å². The zero-order valence-corrected chi connectivity index (χ0v) is 14.9. The van der Waals surface area contributed by atoms with Crippen molar-refractivity contribution in [1.29, 1.82) is 0 Å². The molecule has 0 radical (unpaired) electrons. The van der Waals surface area contributed by atoms with Gasteiger partial charge in [-0.2, -0.15) is 0 Å². The van der Waals surface area contributed by atoms with Gasteiger partial charge in [0.25, 0.3) is 11.8 Å². The molecule has 0 atom stereocenters. The van der Waals surface area contributed by atoms with Gasteiger partial charge in [0.2, 0.25) is 0 Å². The molecule has 6 nitrogen and oxygen atoms in total. The molecule has 4 amide bonds. The van der Waals surface area contributed by atoms with Crippen molar-refractivity contribution < 1.29 is 14.4 Å². The van der Waals surface area contributed by atoms with Gasteiger partial charge in [0.05, 0.1) is 0 Å². The molecule has 1 aromatic carbocycles. The Labute approximate surface area is 157 Å². The molecule has 1 saturated carbocycles. The summed E-state index contributed by atoms with van der Waals surface area (Å²) in [6, 6.07) is 12.6. The van der Waals surface area contributed by atoms with Crippen molar-refractivity contribution in [1.82, 2.24) is 14.8 Å². The predicted molar refractivity (Wildman–Crippen MR) is 101 cm³/mol. The second kappa shape index (κ2) is 7.23. The first-order valence-electron chi connectivity index (χ1n) is 9.28. The minimum atomic E-state index is -0.641. The van der Waals surface area contributed by atoms with Gasteiger partial charge in [-0.15, -0.1) is 0 Å². The fourth-order valence-electron chi connectivity index (χ4n) is 3.83. The van der Waals surface area contributed by atoms with Gasteiger partial charge in [-0.25, -0.2) is 4.79 Å². The van der Waals surface area contributed by atoms with Gasteiger partial charge in [0.1, 0.15) is 5.57 Å². The van der Waals surface area contributed by atoms with Crippen LogP contribution in [-0.2, 0) is 9.59 Å². The summed E-state index contributed by atoms with van der Waals surface area (Å²) in [5.74, 6) is -1.14. The molecule has 2 heterocycles. The summed E-state index contributed by atoms with van der Waals surface area (Å²) in [5.41, 5.74) is 1.63. The molecule has 0 unspecified atom stereocenters. The Morgan fingerprint density at radius 3 is 2.41 bits per heavy atom. The number of nitrogens with one attached hydrogen (secondary N) is 1. The molecule has 1 aromatic heterocycles. The van der Waals surface area contributed by atoms with E-state index in [0.29, 0.717) is 5.69 Å². The van der Waals surface area contributed by atoms with Gasteiger partial charge in [0.15, 0.2) is 0 Å². The number of rotatable bonds is 3. The van der Waals surface area contributed by atoms with Crippen LogP contribution < -0.4 is 5.32 Å². The van der Waals surface area contributed by atoms with Crippen LogP contribution in [0, 0.1) is 0 Å². The first-order valence-corrected chi connectivity index (χ1v) is 9.28. The van der Waals surface area contributed by atoms with Crippen LogP contribution in [0.5, 0.6) is 0 Å². The maximum Gasteiger partial charge on any atom is 0.331 e. The van der Waals surface area contributed by atoms with E-state index in [1.54, 1.807) is 6.08 Å². The maximum atomic E-state index is 13.0. The van der Waals surface area contributed by atoms with E-state index in [4.69, 9.17) is 0 Å². The lowest BCUT2D eigenvalue weighted by molar-refractivity contribution is -0.132. The average molecular weight is 363 g/mol.